The molecule has 0 spiro atoms. The topological polar surface area (TPSA) is 71.1 Å². The van der Waals surface area contributed by atoms with Crippen LogP contribution >= 0.6 is 11.3 Å². The van der Waals surface area contributed by atoms with Crippen molar-refractivity contribution in [3.05, 3.63) is 101 Å². The van der Waals surface area contributed by atoms with Crippen molar-refractivity contribution in [2.75, 3.05) is 5.32 Å². The van der Waals surface area contributed by atoms with Crippen LogP contribution in [0.5, 0.6) is 0 Å². The number of rotatable bonds is 6. The number of hydrogen-bond donors (Lipinski definition) is 2. The average molecular weight is 446 g/mol. The van der Waals surface area contributed by atoms with Gasteiger partial charge in [-0.2, -0.15) is 0 Å². The zero-order chi connectivity index (χ0) is 22.5. The van der Waals surface area contributed by atoms with Crippen LogP contribution in [0.3, 0.4) is 0 Å². The van der Waals surface area contributed by atoms with Gasteiger partial charge in [-0.3, -0.25) is 9.59 Å². The number of thiazole rings is 1. The van der Waals surface area contributed by atoms with Crippen LogP contribution in [0.15, 0.2) is 78.9 Å². The van der Waals surface area contributed by atoms with Gasteiger partial charge >= 0.3 is 0 Å². The second-order valence-electron chi connectivity index (χ2n) is 7.17. The lowest BCUT2D eigenvalue weighted by Crippen LogP contribution is -2.24. The summed E-state index contributed by atoms with van der Waals surface area (Å²) in [6.45, 7) is 1.88. The van der Waals surface area contributed by atoms with Crippen molar-refractivity contribution in [2.45, 2.75) is 13.0 Å². The van der Waals surface area contributed by atoms with E-state index in [1.54, 1.807) is 18.2 Å². The lowest BCUT2D eigenvalue weighted by Gasteiger charge is -2.14. The van der Waals surface area contributed by atoms with Gasteiger partial charge in [-0.25, -0.2) is 9.37 Å². The van der Waals surface area contributed by atoms with Crippen LogP contribution in [0.4, 0.5) is 10.1 Å². The molecule has 1 unspecified atom stereocenters. The van der Waals surface area contributed by atoms with Crippen molar-refractivity contribution >= 4 is 45.1 Å². The molecule has 0 fully saturated rings. The minimum Gasteiger partial charge on any atom is -0.346 e. The predicted octanol–water partition coefficient (Wildman–Crippen LogP) is 5.58. The summed E-state index contributed by atoms with van der Waals surface area (Å²) < 4.78 is 14.1. The summed E-state index contributed by atoms with van der Waals surface area (Å²) in [5.41, 5.74) is 2.79. The Bertz CT molecular complexity index is 1250. The van der Waals surface area contributed by atoms with Gasteiger partial charge in [0.05, 0.1) is 16.3 Å². The van der Waals surface area contributed by atoms with Crippen molar-refractivity contribution in [1.29, 1.82) is 0 Å². The number of carbonyl (C=O) groups excluding carboxylic acids is 2. The molecule has 0 bridgehead atoms. The van der Waals surface area contributed by atoms with Crippen LogP contribution in [0.2, 0.25) is 0 Å². The van der Waals surface area contributed by atoms with Crippen LogP contribution < -0.4 is 10.6 Å². The number of nitrogens with one attached hydrogen (secondary N) is 2. The first-order valence-corrected chi connectivity index (χ1v) is 10.8. The fourth-order valence-corrected chi connectivity index (χ4v) is 3.98. The Hall–Kier alpha value is -3.84. The number of halogens is 1. The summed E-state index contributed by atoms with van der Waals surface area (Å²) in [7, 11) is 0. The summed E-state index contributed by atoms with van der Waals surface area (Å²) in [5, 5.41) is 6.46. The van der Waals surface area contributed by atoms with Gasteiger partial charge in [0.15, 0.2) is 0 Å². The fraction of sp³-hybridized carbons (Fsp3) is 0.0800. The van der Waals surface area contributed by atoms with Crippen molar-refractivity contribution in [3.63, 3.8) is 0 Å². The van der Waals surface area contributed by atoms with Gasteiger partial charge in [0.1, 0.15) is 10.8 Å². The van der Waals surface area contributed by atoms with Gasteiger partial charge in [-0.1, -0.05) is 24.3 Å². The number of nitrogens with zero attached hydrogens (tertiary/aromatic N) is 1. The molecule has 32 heavy (non-hydrogen) atoms. The molecule has 0 aliphatic rings. The van der Waals surface area contributed by atoms with E-state index in [1.807, 2.05) is 43.3 Å². The molecular weight excluding hydrogens is 425 g/mol. The van der Waals surface area contributed by atoms with Crippen molar-refractivity contribution in [3.8, 4) is 0 Å². The number of benzene rings is 3. The molecule has 0 aliphatic heterocycles. The van der Waals surface area contributed by atoms with E-state index < -0.39 is 5.82 Å². The van der Waals surface area contributed by atoms with E-state index in [9.17, 15) is 14.0 Å². The van der Waals surface area contributed by atoms with Crippen molar-refractivity contribution in [2.24, 2.45) is 0 Å². The smallest absolute Gasteiger partial charge is 0.255 e. The molecule has 2 amide bonds. The fourth-order valence-electron chi connectivity index (χ4n) is 3.11. The third kappa shape index (κ3) is 5.25. The van der Waals surface area contributed by atoms with Crippen LogP contribution in [-0.4, -0.2) is 16.8 Å². The summed E-state index contributed by atoms with van der Waals surface area (Å²) in [5.74, 6) is -0.929. The van der Waals surface area contributed by atoms with E-state index in [1.165, 1.54) is 41.7 Å². The Morgan fingerprint density at radius 3 is 2.44 bits per heavy atom. The molecule has 1 atom stereocenters. The first-order valence-electron chi connectivity index (χ1n) is 9.99. The third-order valence-electron chi connectivity index (χ3n) is 4.82. The molecule has 7 heteroatoms. The van der Waals surface area contributed by atoms with E-state index in [-0.39, 0.29) is 17.9 Å². The molecule has 1 heterocycles. The molecule has 1 aromatic heterocycles. The molecule has 0 saturated carbocycles. The van der Waals surface area contributed by atoms with Crippen LogP contribution in [0.1, 0.15) is 33.9 Å². The van der Waals surface area contributed by atoms with Gasteiger partial charge in [0, 0.05) is 17.3 Å². The van der Waals surface area contributed by atoms with Gasteiger partial charge in [0.25, 0.3) is 5.91 Å². The third-order valence-corrected chi connectivity index (χ3v) is 5.82. The van der Waals surface area contributed by atoms with Gasteiger partial charge < -0.3 is 10.6 Å². The lowest BCUT2D eigenvalue weighted by atomic mass is 10.1. The van der Waals surface area contributed by atoms with E-state index in [0.29, 0.717) is 11.3 Å². The summed E-state index contributed by atoms with van der Waals surface area (Å²) >= 11 is 1.53. The number of aromatic nitrogens is 1. The average Bonchev–Trinajstić information content (AvgIpc) is 3.22. The summed E-state index contributed by atoms with van der Waals surface area (Å²) in [6.07, 6.45) is 3.19. The molecule has 0 aliphatic carbocycles. The molecule has 3 aromatic carbocycles. The Kier molecular flexibility index (Phi) is 6.37. The zero-order valence-corrected chi connectivity index (χ0v) is 18.0. The van der Waals surface area contributed by atoms with Gasteiger partial charge in [-0.15, -0.1) is 11.3 Å². The molecule has 160 valence electrons. The largest absolute Gasteiger partial charge is 0.346 e. The number of fused-ring (bicyclic) bond motifs is 1. The second-order valence-corrected chi connectivity index (χ2v) is 8.23. The second kappa shape index (κ2) is 9.53. The van der Waals surface area contributed by atoms with Gasteiger partial charge in [0.2, 0.25) is 5.91 Å². The monoisotopic (exact) mass is 445 g/mol. The van der Waals surface area contributed by atoms with Crippen LogP contribution in [-0.2, 0) is 4.79 Å². The van der Waals surface area contributed by atoms with E-state index in [2.05, 4.69) is 15.6 Å². The Morgan fingerprint density at radius 2 is 1.72 bits per heavy atom. The molecule has 0 saturated heterocycles. The molecular formula is C25H20FN3O2S. The van der Waals surface area contributed by atoms with Crippen molar-refractivity contribution < 1.29 is 14.0 Å². The number of para-hydroxylation sites is 1. The number of hydrogen-bond acceptors (Lipinski definition) is 4. The highest BCUT2D eigenvalue weighted by atomic mass is 32.1. The molecule has 0 radical (unpaired) electrons. The zero-order valence-electron chi connectivity index (χ0n) is 17.2. The minimum absolute atomic E-state index is 0.217. The summed E-state index contributed by atoms with van der Waals surface area (Å²) in [6, 6.07) is 20.2. The molecule has 4 rings (SSSR count). The predicted molar refractivity (Wildman–Crippen MR) is 126 cm³/mol. The number of anilines is 1. The number of amides is 2. The van der Waals surface area contributed by atoms with E-state index >= 15 is 0 Å². The summed E-state index contributed by atoms with van der Waals surface area (Å²) in [4.78, 5) is 29.0. The highest BCUT2D eigenvalue weighted by Crippen LogP contribution is 2.22. The highest BCUT2D eigenvalue weighted by molar-refractivity contribution is 7.19. The maximum absolute atomic E-state index is 13.0. The Balaban J connectivity index is 1.33. The Labute approximate surface area is 188 Å². The van der Waals surface area contributed by atoms with E-state index in [4.69, 9.17) is 0 Å². The van der Waals surface area contributed by atoms with Crippen LogP contribution in [0, 0.1) is 5.82 Å². The molecule has 4 aromatic rings. The number of carbonyl (C=O) groups is 2. The minimum atomic E-state index is -0.392. The lowest BCUT2D eigenvalue weighted by molar-refractivity contribution is -0.117. The van der Waals surface area contributed by atoms with Crippen molar-refractivity contribution in [1.82, 2.24) is 10.3 Å². The maximum Gasteiger partial charge on any atom is 0.255 e. The quantitative estimate of drug-likeness (QED) is 0.381. The molecule has 5 nitrogen and oxygen atoms in total. The standard InChI is InChI=1S/C25H20FN3O2S/c1-16(27-23(30)14-15-24-29-21-4-2-3-5-22(21)32-24)17-8-12-20(13-9-17)28-25(31)18-6-10-19(26)11-7-18/h2-16H,1H3,(H,27,30)(H,28,31)/b15-14+. The normalized spacial score (nSPS) is 12.1. The van der Waals surface area contributed by atoms with Gasteiger partial charge in [-0.05, 0) is 67.1 Å². The first kappa shape index (κ1) is 21.4. The maximum atomic E-state index is 13.0. The Morgan fingerprint density at radius 1 is 1.00 bits per heavy atom. The van der Waals surface area contributed by atoms with Crippen LogP contribution in [0.25, 0.3) is 16.3 Å². The molecule has 2 N–H and O–H groups in total. The first-order chi connectivity index (χ1) is 15.5. The highest BCUT2D eigenvalue weighted by Gasteiger charge is 2.10. The SMILES string of the molecule is CC(NC(=O)/C=C/c1nc2ccccc2s1)c1ccc(NC(=O)c2ccc(F)cc2)cc1. The van der Waals surface area contributed by atoms with E-state index in [0.717, 1.165) is 20.8 Å².